The second kappa shape index (κ2) is 6.04. The van der Waals surface area contributed by atoms with Gasteiger partial charge in [0.2, 0.25) is 0 Å². The number of nitrogens with zero attached hydrogens (tertiary/aromatic N) is 1. The van der Waals surface area contributed by atoms with E-state index in [1.165, 1.54) is 0 Å². The van der Waals surface area contributed by atoms with E-state index < -0.39 is 0 Å². The molecule has 0 N–H and O–H groups in total. The van der Waals surface area contributed by atoms with E-state index in [1.54, 1.807) is 7.11 Å². The van der Waals surface area contributed by atoms with Crippen molar-refractivity contribution in [1.82, 2.24) is 4.98 Å². The molecule has 2 aromatic rings. The molecule has 0 radical (unpaired) electrons. The van der Waals surface area contributed by atoms with Crippen LogP contribution in [-0.4, -0.2) is 12.1 Å². The van der Waals surface area contributed by atoms with E-state index in [0.29, 0.717) is 6.61 Å². The van der Waals surface area contributed by atoms with Gasteiger partial charge in [0.25, 0.3) is 0 Å². The summed E-state index contributed by atoms with van der Waals surface area (Å²) in [6, 6.07) is 11.7. The average molecular weight is 355 g/mol. The number of pyridine rings is 1. The van der Waals surface area contributed by atoms with Gasteiger partial charge in [0.05, 0.1) is 7.11 Å². The van der Waals surface area contributed by atoms with Gasteiger partial charge in [0.1, 0.15) is 16.1 Å². The number of aromatic nitrogens is 1. The molecule has 0 saturated heterocycles. The van der Waals surface area contributed by atoms with Crippen LogP contribution in [0.3, 0.4) is 0 Å². The number of hydrogen-bond acceptors (Lipinski definition) is 3. The Morgan fingerprint density at radius 2 is 1.83 bits per heavy atom. The van der Waals surface area contributed by atoms with Crippen LogP contribution in [0.15, 0.2) is 36.4 Å². The lowest BCUT2D eigenvalue weighted by atomic mass is 10.2. The smallest absolute Gasteiger partial charge is 0.151 e. The summed E-state index contributed by atoms with van der Waals surface area (Å²) in [6.45, 7) is 2.50. The van der Waals surface area contributed by atoms with E-state index in [1.807, 2.05) is 43.3 Å². The molecule has 4 heteroatoms. The summed E-state index contributed by atoms with van der Waals surface area (Å²) in [5.41, 5.74) is 2.10. The Labute approximate surface area is 120 Å². The highest BCUT2D eigenvalue weighted by Crippen LogP contribution is 2.20. The first-order valence-electron chi connectivity index (χ1n) is 5.58. The summed E-state index contributed by atoms with van der Waals surface area (Å²) in [6.07, 6.45) is 0. The van der Waals surface area contributed by atoms with E-state index in [4.69, 9.17) is 9.47 Å². The number of methoxy groups -OCH3 is 1. The van der Waals surface area contributed by atoms with Crippen LogP contribution < -0.4 is 9.47 Å². The van der Waals surface area contributed by atoms with Gasteiger partial charge in [0.15, 0.2) is 5.75 Å². The zero-order valence-electron chi connectivity index (χ0n) is 10.3. The highest BCUT2D eigenvalue weighted by Gasteiger charge is 2.03. The Morgan fingerprint density at radius 1 is 1.11 bits per heavy atom. The zero-order valence-corrected chi connectivity index (χ0v) is 12.5. The van der Waals surface area contributed by atoms with Gasteiger partial charge in [-0.05, 0) is 59.3 Å². The minimum Gasteiger partial charge on any atom is -0.497 e. The van der Waals surface area contributed by atoms with E-state index in [9.17, 15) is 0 Å². The first-order chi connectivity index (χ1) is 8.69. The fourth-order valence-corrected chi connectivity index (χ4v) is 2.22. The number of rotatable bonds is 4. The molecule has 94 valence electrons. The van der Waals surface area contributed by atoms with Crippen molar-refractivity contribution in [2.75, 3.05) is 7.11 Å². The van der Waals surface area contributed by atoms with Crippen LogP contribution in [0.4, 0.5) is 0 Å². The summed E-state index contributed by atoms with van der Waals surface area (Å²) < 4.78 is 11.7. The molecule has 0 aliphatic rings. The molecule has 0 amide bonds. The largest absolute Gasteiger partial charge is 0.497 e. The molecule has 0 atom stereocenters. The highest BCUT2D eigenvalue weighted by atomic mass is 127. The lowest BCUT2D eigenvalue weighted by molar-refractivity contribution is 0.302. The SMILES string of the molecule is COc1ccc(COc2ccc(C)nc2I)cc1. The minimum atomic E-state index is 0.532. The third-order valence-corrected chi connectivity index (χ3v) is 3.28. The number of benzene rings is 1. The summed E-state index contributed by atoms with van der Waals surface area (Å²) in [7, 11) is 1.66. The summed E-state index contributed by atoms with van der Waals surface area (Å²) in [4.78, 5) is 4.35. The fourth-order valence-electron chi connectivity index (χ4n) is 1.50. The van der Waals surface area contributed by atoms with Crippen LogP contribution >= 0.6 is 22.6 Å². The van der Waals surface area contributed by atoms with Crippen molar-refractivity contribution in [2.45, 2.75) is 13.5 Å². The molecule has 0 unspecified atom stereocenters. The standard InChI is InChI=1S/C14H14INO2/c1-10-3-8-13(14(15)16-10)18-9-11-4-6-12(17-2)7-5-11/h3-8H,9H2,1-2H3. The fraction of sp³-hybridized carbons (Fsp3) is 0.214. The van der Waals surface area contributed by atoms with Gasteiger partial charge in [-0.15, -0.1) is 0 Å². The molecule has 1 aromatic carbocycles. The molecule has 1 heterocycles. The molecule has 0 aliphatic carbocycles. The van der Waals surface area contributed by atoms with Gasteiger partial charge < -0.3 is 9.47 Å². The molecule has 1 aromatic heterocycles. The maximum Gasteiger partial charge on any atom is 0.151 e. The van der Waals surface area contributed by atoms with Crippen LogP contribution in [0.2, 0.25) is 0 Å². The normalized spacial score (nSPS) is 10.2. The topological polar surface area (TPSA) is 31.4 Å². The first-order valence-corrected chi connectivity index (χ1v) is 6.66. The van der Waals surface area contributed by atoms with E-state index >= 15 is 0 Å². The number of halogens is 1. The second-order valence-electron chi connectivity index (χ2n) is 3.88. The van der Waals surface area contributed by atoms with E-state index in [-0.39, 0.29) is 0 Å². The molecule has 0 aliphatic heterocycles. The van der Waals surface area contributed by atoms with Crippen molar-refractivity contribution < 1.29 is 9.47 Å². The van der Waals surface area contributed by atoms with Crippen LogP contribution in [0, 0.1) is 10.6 Å². The predicted molar refractivity (Wildman–Crippen MR) is 79.0 cm³/mol. The molecule has 0 saturated carbocycles. The summed E-state index contributed by atoms with van der Waals surface area (Å²) in [5, 5.41) is 0. The quantitative estimate of drug-likeness (QED) is 0.621. The molecular weight excluding hydrogens is 341 g/mol. The maximum absolute atomic E-state index is 5.74. The third-order valence-electron chi connectivity index (χ3n) is 2.51. The van der Waals surface area contributed by atoms with Crippen LogP contribution in [0.25, 0.3) is 0 Å². The van der Waals surface area contributed by atoms with E-state index in [0.717, 1.165) is 26.5 Å². The van der Waals surface area contributed by atoms with Gasteiger partial charge in [-0.1, -0.05) is 12.1 Å². The van der Waals surface area contributed by atoms with Gasteiger partial charge in [0, 0.05) is 5.69 Å². The van der Waals surface area contributed by atoms with Crippen LogP contribution in [0.5, 0.6) is 11.5 Å². The highest BCUT2D eigenvalue weighted by molar-refractivity contribution is 14.1. The summed E-state index contributed by atoms with van der Waals surface area (Å²) in [5.74, 6) is 1.67. The number of aryl methyl sites for hydroxylation is 1. The molecule has 3 nitrogen and oxygen atoms in total. The van der Waals surface area contributed by atoms with Crippen molar-refractivity contribution in [1.29, 1.82) is 0 Å². The van der Waals surface area contributed by atoms with Crippen molar-refractivity contribution in [3.8, 4) is 11.5 Å². The zero-order chi connectivity index (χ0) is 13.0. The third kappa shape index (κ3) is 3.35. The van der Waals surface area contributed by atoms with Gasteiger partial charge >= 0.3 is 0 Å². The average Bonchev–Trinajstić information content (AvgIpc) is 2.38. The second-order valence-corrected chi connectivity index (χ2v) is 4.90. The van der Waals surface area contributed by atoms with Crippen LogP contribution in [0.1, 0.15) is 11.3 Å². The van der Waals surface area contributed by atoms with Gasteiger partial charge in [-0.2, -0.15) is 0 Å². The van der Waals surface area contributed by atoms with Crippen molar-refractivity contribution in [2.24, 2.45) is 0 Å². The molecule has 0 bridgehead atoms. The van der Waals surface area contributed by atoms with E-state index in [2.05, 4.69) is 27.6 Å². The summed E-state index contributed by atoms with van der Waals surface area (Å²) >= 11 is 2.18. The monoisotopic (exact) mass is 355 g/mol. The molecule has 0 spiro atoms. The minimum absolute atomic E-state index is 0.532. The van der Waals surface area contributed by atoms with Crippen molar-refractivity contribution >= 4 is 22.6 Å². The Balaban J connectivity index is 2.02. The Morgan fingerprint density at radius 3 is 2.44 bits per heavy atom. The Hall–Kier alpha value is -1.30. The van der Waals surface area contributed by atoms with Crippen molar-refractivity contribution in [3.63, 3.8) is 0 Å². The molecule has 0 fully saturated rings. The predicted octanol–water partition coefficient (Wildman–Crippen LogP) is 3.58. The first kappa shape index (κ1) is 13.1. The lowest BCUT2D eigenvalue weighted by Crippen LogP contribution is -1.99. The maximum atomic E-state index is 5.74. The lowest BCUT2D eigenvalue weighted by Gasteiger charge is -2.08. The van der Waals surface area contributed by atoms with Gasteiger partial charge in [-0.3, -0.25) is 0 Å². The Kier molecular flexibility index (Phi) is 4.41. The number of ether oxygens (including phenoxy) is 2. The molecule has 2 rings (SSSR count). The molecule has 18 heavy (non-hydrogen) atoms. The Bertz CT molecular complexity index is 526. The molecular formula is C14H14INO2. The number of hydrogen-bond donors (Lipinski definition) is 0. The van der Waals surface area contributed by atoms with Gasteiger partial charge in [-0.25, -0.2) is 4.98 Å². The van der Waals surface area contributed by atoms with Crippen molar-refractivity contribution in [3.05, 3.63) is 51.4 Å². The van der Waals surface area contributed by atoms with Crippen LogP contribution in [-0.2, 0) is 6.61 Å².